The Kier molecular flexibility index (Phi) is 5.18. The lowest BCUT2D eigenvalue weighted by molar-refractivity contribution is -0.124. The molecule has 2 atom stereocenters. The lowest BCUT2D eigenvalue weighted by Gasteiger charge is -2.37. The fraction of sp³-hybridized carbons (Fsp3) is 0.611. The zero-order valence-electron chi connectivity index (χ0n) is 14.0. The van der Waals surface area contributed by atoms with Crippen molar-refractivity contribution in [2.24, 2.45) is 5.92 Å². The Morgan fingerprint density at radius 1 is 1.43 bits per heavy atom. The summed E-state index contributed by atoms with van der Waals surface area (Å²) in [4.78, 5) is 14.5. The summed E-state index contributed by atoms with van der Waals surface area (Å²) in [6.07, 6.45) is 2.27. The molecule has 1 amide bonds. The van der Waals surface area contributed by atoms with Crippen LogP contribution in [0.2, 0.25) is 0 Å². The van der Waals surface area contributed by atoms with Crippen molar-refractivity contribution in [3.63, 3.8) is 0 Å². The normalized spacial score (nSPS) is 23.7. The van der Waals surface area contributed by atoms with Gasteiger partial charge in [0.15, 0.2) is 0 Å². The number of fused-ring (bicyclic) bond motifs is 1. The molecule has 2 heterocycles. The van der Waals surface area contributed by atoms with Crippen LogP contribution in [0.5, 0.6) is 0 Å². The molecular weight excluding hydrogens is 292 g/mol. The summed E-state index contributed by atoms with van der Waals surface area (Å²) in [5.74, 6) is 0.467. The number of carbonyl (C=O) groups is 1. The van der Waals surface area contributed by atoms with Crippen molar-refractivity contribution in [3.8, 4) is 0 Å². The molecule has 1 aromatic carbocycles. The van der Waals surface area contributed by atoms with E-state index in [0.717, 1.165) is 30.8 Å². The molecule has 0 saturated carbocycles. The van der Waals surface area contributed by atoms with Gasteiger partial charge in [-0.2, -0.15) is 0 Å². The molecule has 1 N–H and O–H groups in total. The third-order valence-electron chi connectivity index (χ3n) is 4.57. The first-order valence-electron chi connectivity index (χ1n) is 8.50. The average molecular weight is 318 g/mol. The highest BCUT2D eigenvalue weighted by atomic mass is 16.5. The van der Waals surface area contributed by atoms with Crippen molar-refractivity contribution >= 4 is 17.3 Å². The second kappa shape index (κ2) is 7.32. The number of nitrogens with zero attached hydrogens (tertiary/aromatic N) is 1. The van der Waals surface area contributed by atoms with E-state index in [1.807, 2.05) is 29.2 Å². The van der Waals surface area contributed by atoms with Crippen LogP contribution in [0, 0.1) is 5.92 Å². The predicted octanol–water partition coefficient (Wildman–Crippen LogP) is 2.67. The van der Waals surface area contributed by atoms with E-state index in [4.69, 9.17) is 9.47 Å². The largest absolute Gasteiger partial charge is 0.379 e. The Balaban J connectivity index is 1.63. The summed E-state index contributed by atoms with van der Waals surface area (Å²) in [5.41, 5.74) is 1.96. The molecule has 1 saturated heterocycles. The van der Waals surface area contributed by atoms with Gasteiger partial charge < -0.3 is 19.7 Å². The van der Waals surface area contributed by atoms with Crippen LogP contribution in [0.1, 0.15) is 26.7 Å². The summed E-state index contributed by atoms with van der Waals surface area (Å²) in [6, 6.07) is 8.22. The summed E-state index contributed by atoms with van der Waals surface area (Å²) in [6.45, 7) is 6.44. The fourth-order valence-electron chi connectivity index (χ4n) is 3.12. The molecule has 0 radical (unpaired) electrons. The van der Waals surface area contributed by atoms with Gasteiger partial charge in [0.2, 0.25) is 0 Å². The number of ether oxygens (including phenoxy) is 2. The summed E-state index contributed by atoms with van der Waals surface area (Å²) in [7, 11) is 0. The van der Waals surface area contributed by atoms with Gasteiger partial charge in [-0.1, -0.05) is 26.0 Å². The molecule has 5 heteroatoms. The predicted molar refractivity (Wildman–Crippen MR) is 90.8 cm³/mol. The highest BCUT2D eigenvalue weighted by Crippen LogP contribution is 2.32. The van der Waals surface area contributed by atoms with Crippen molar-refractivity contribution in [1.82, 2.24) is 0 Å². The Labute approximate surface area is 137 Å². The molecule has 1 aromatic rings. The van der Waals surface area contributed by atoms with Crippen LogP contribution < -0.4 is 10.2 Å². The van der Waals surface area contributed by atoms with Gasteiger partial charge in [0.05, 0.1) is 24.1 Å². The van der Waals surface area contributed by atoms with E-state index in [2.05, 4.69) is 19.2 Å². The van der Waals surface area contributed by atoms with E-state index in [9.17, 15) is 4.79 Å². The van der Waals surface area contributed by atoms with E-state index in [-0.39, 0.29) is 24.7 Å². The van der Waals surface area contributed by atoms with Crippen molar-refractivity contribution in [2.45, 2.75) is 38.8 Å². The molecule has 0 aliphatic carbocycles. The van der Waals surface area contributed by atoms with Crippen LogP contribution in [0.3, 0.4) is 0 Å². The molecule has 126 valence electrons. The third-order valence-corrected chi connectivity index (χ3v) is 4.57. The maximum absolute atomic E-state index is 12.6. The lowest BCUT2D eigenvalue weighted by Crippen LogP contribution is -2.48. The van der Waals surface area contributed by atoms with Crippen LogP contribution >= 0.6 is 0 Å². The molecule has 0 bridgehead atoms. The maximum Gasteiger partial charge on any atom is 0.253 e. The van der Waals surface area contributed by atoms with E-state index in [0.29, 0.717) is 19.1 Å². The number of carbonyl (C=O) groups excluding carboxylic acids is 1. The van der Waals surface area contributed by atoms with Crippen LogP contribution in [0.25, 0.3) is 0 Å². The van der Waals surface area contributed by atoms with Gasteiger partial charge in [-0.05, 0) is 30.9 Å². The van der Waals surface area contributed by atoms with Gasteiger partial charge in [-0.25, -0.2) is 0 Å². The highest BCUT2D eigenvalue weighted by Gasteiger charge is 2.29. The standard InChI is InChI=1S/C18H26N2O3/c1-13(2)16-10-20(17-8-4-3-7-15(17)19-16)18(21)12-22-11-14-6-5-9-23-14/h3-4,7-8,13-14,16,19H,5-6,9-12H2,1-2H3/t14-,16+/m0/s1. The average Bonchev–Trinajstić information content (AvgIpc) is 3.07. The molecule has 3 rings (SSSR count). The topological polar surface area (TPSA) is 50.8 Å². The van der Waals surface area contributed by atoms with Crippen LogP contribution in [0.15, 0.2) is 24.3 Å². The first kappa shape index (κ1) is 16.3. The highest BCUT2D eigenvalue weighted by molar-refractivity contribution is 5.98. The van der Waals surface area contributed by atoms with Gasteiger partial charge in [0.1, 0.15) is 6.61 Å². The van der Waals surface area contributed by atoms with Gasteiger partial charge in [0, 0.05) is 19.2 Å². The minimum absolute atomic E-state index is 0.0163. The molecule has 5 nitrogen and oxygen atoms in total. The van der Waals surface area contributed by atoms with Gasteiger partial charge in [-0.15, -0.1) is 0 Å². The van der Waals surface area contributed by atoms with E-state index in [1.54, 1.807) is 0 Å². The van der Waals surface area contributed by atoms with Crippen molar-refractivity contribution in [2.75, 3.05) is 36.6 Å². The lowest BCUT2D eigenvalue weighted by atomic mass is 10.00. The summed E-state index contributed by atoms with van der Waals surface area (Å²) < 4.78 is 11.1. The second-order valence-electron chi connectivity index (χ2n) is 6.67. The molecule has 2 aliphatic rings. The number of hydrogen-bond acceptors (Lipinski definition) is 4. The van der Waals surface area contributed by atoms with E-state index < -0.39 is 0 Å². The SMILES string of the molecule is CC(C)[C@H]1CN(C(=O)COC[C@@H]2CCCO2)c2ccccc2N1. The fourth-order valence-corrected chi connectivity index (χ4v) is 3.12. The Bertz CT molecular complexity index is 541. The van der Waals surface area contributed by atoms with E-state index >= 15 is 0 Å². The Morgan fingerprint density at radius 3 is 3.00 bits per heavy atom. The smallest absolute Gasteiger partial charge is 0.253 e. The van der Waals surface area contributed by atoms with Crippen LogP contribution in [-0.2, 0) is 14.3 Å². The van der Waals surface area contributed by atoms with Gasteiger partial charge in [0.25, 0.3) is 5.91 Å². The molecule has 0 aromatic heterocycles. The second-order valence-corrected chi connectivity index (χ2v) is 6.67. The van der Waals surface area contributed by atoms with Crippen molar-refractivity contribution in [1.29, 1.82) is 0 Å². The first-order valence-corrected chi connectivity index (χ1v) is 8.50. The van der Waals surface area contributed by atoms with Crippen LogP contribution in [-0.4, -0.2) is 44.4 Å². The van der Waals surface area contributed by atoms with E-state index in [1.165, 1.54) is 0 Å². The monoisotopic (exact) mass is 318 g/mol. The number of nitrogens with one attached hydrogen (secondary N) is 1. The number of amides is 1. The Hall–Kier alpha value is -1.59. The minimum atomic E-state index is 0.0163. The minimum Gasteiger partial charge on any atom is -0.379 e. The number of benzene rings is 1. The summed E-state index contributed by atoms with van der Waals surface area (Å²) >= 11 is 0. The zero-order valence-corrected chi connectivity index (χ0v) is 14.0. The number of hydrogen-bond donors (Lipinski definition) is 1. The van der Waals surface area contributed by atoms with Crippen LogP contribution in [0.4, 0.5) is 11.4 Å². The molecule has 2 aliphatic heterocycles. The third kappa shape index (κ3) is 3.85. The molecular formula is C18H26N2O3. The molecule has 1 fully saturated rings. The first-order chi connectivity index (χ1) is 11.1. The quantitative estimate of drug-likeness (QED) is 0.907. The molecule has 23 heavy (non-hydrogen) atoms. The molecule has 0 unspecified atom stereocenters. The van der Waals surface area contributed by atoms with Crippen molar-refractivity contribution < 1.29 is 14.3 Å². The number of anilines is 2. The number of para-hydroxylation sites is 2. The van der Waals surface area contributed by atoms with Crippen molar-refractivity contribution in [3.05, 3.63) is 24.3 Å². The summed E-state index contributed by atoms with van der Waals surface area (Å²) in [5, 5.41) is 3.53. The zero-order chi connectivity index (χ0) is 16.2. The maximum atomic E-state index is 12.6. The van der Waals surface area contributed by atoms with Gasteiger partial charge >= 0.3 is 0 Å². The molecule has 0 spiro atoms. The number of rotatable bonds is 5. The Morgan fingerprint density at radius 2 is 2.26 bits per heavy atom. The van der Waals surface area contributed by atoms with Gasteiger partial charge in [-0.3, -0.25) is 4.79 Å².